The number of rotatable bonds is 4. The highest BCUT2D eigenvalue weighted by molar-refractivity contribution is 9.10. The van der Waals surface area contributed by atoms with E-state index in [0.29, 0.717) is 11.4 Å². The third kappa shape index (κ3) is 3.72. The fourth-order valence-electron chi connectivity index (χ4n) is 1.85. The first-order valence-corrected chi connectivity index (χ1v) is 7.03. The third-order valence-corrected chi connectivity index (χ3v) is 3.95. The molecule has 2 rings (SSSR count). The highest BCUT2D eigenvalue weighted by Gasteiger charge is 2.11. The average Bonchev–Trinajstić information content (AvgIpc) is 2.42. The van der Waals surface area contributed by atoms with Gasteiger partial charge in [0.2, 0.25) is 0 Å². The van der Waals surface area contributed by atoms with Crippen molar-refractivity contribution in [3.63, 3.8) is 0 Å². The SMILES string of the molecule is COc1ccc(Br)c(CC(O)c2ccc(Cl)cc2)c1. The molecule has 0 saturated heterocycles. The first-order chi connectivity index (χ1) is 9.10. The molecule has 0 bridgehead atoms. The molecule has 1 unspecified atom stereocenters. The molecule has 0 heterocycles. The summed E-state index contributed by atoms with van der Waals surface area (Å²) in [7, 11) is 1.63. The van der Waals surface area contributed by atoms with E-state index in [9.17, 15) is 5.11 Å². The second-order valence-electron chi connectivity index (χ2n) is 4.23. The maximum atomic E-state index is 10.2. The number of methoxy groups -OCH3 is 1. The zero-order valence-corrected chi connectivity index (χ0v) is 12.8. The Morgan fingerprint density at radius 3 is 2.53 bits per heavy atom. The predicted octanol–water partition coefficient (Wildman–Crippen LogP) is 4.39. The van der Waals surface area contributed by atoms with Crippen LogP contribution < -0.4 is 4.74 Å². The molecule has 0 aliphatic heterocycles. The highest BCUT2D eigenvalue weighted by atomic mass is 79.9. The van der Waals surface area contributed by atoms with Crippen LogP contribution in [0.4, 0.5) is 0 Å². The van der Waals surface area contributed by atoms with Gasteiger partial charge in [0.25, 0.3) is 0 Å². The minimum absolute atomic E-state index is 0.513. The van der Waals surface area contributed by atoms with Crippen LogP contribution in [-0.4, -0.2) is 12.2 Å². The number of aliphatic hydroxyl groups is 1. The van der Waals surface area contributed by atoms with Crippen molar-refractivity contribution in [3.05, 3.63) is 63.1 Å². The molecule has 0 amide bonds. The Labute approximate surface area is 126 Å². The molecular weight excluding hydrogens is 328 g/mol. The molecule has 0 aromatic heterocycles. The minimum atomic E-state index is -0.569. The van der Waals surface area contributed by atoms with Crippen LogP contribution in [0.2, 0.25) is 5.02 Å². The maximum absolute atomic E-state index is 10.2. The summed E-state index contributed by atoms with van der Waals surface area (Å²) in [6, 6.07) is 12.9. The second-order valence-corrected chi connectivity index (χ2v) is 5.52. The van der Waals surface area contributed by atoms with Crippen molar-refractivity contribution >= 4 is 27.5 Å². The van der Waals surface area contributed by atoms with E-state index in [-0.39, 0.29) is 0 Å². The molecule has 0 aliphatic carbocycles. The third-order valence-electron chi connectivity index (χ3n) is 2.92. The van der Waals surface area contributed by atoms with E-state index >= 15 is 0 Å². The molecule has 2 aromatic rings. The van der Waals surface area contributed by atoms with Crippen LogP contribution in [0.5, 0.6) is 5.75 Å². The lowest BCUT2D eigenvalue weighted by molar-refractivity contribution is 0.178. The van der Waals surface area contributed by atoms with Crippen LogP contribution >= 0.6 is 27.5 Å². The smallest absolute Gasteiger partial charge is 0.119 e. The first-order valence-electron chi connectivity index (χ1n) is 5.86. The van der Waals surface area contributed by atoms with Crippen LogP contribution in [-0.2, 0) is 6.42 Å². The van der Waals surface area contributed by atoms with E-state index in [0.717, 1.165) is 21.3 Å². The summed E-state index contributed by atoms with van der Waals surface area (Å²) < 4.78 is 6.15. The second kappa shape index (κ2) is 6.42. The van der Waals surface area contributed by atoms with Gasteiger partial charge in [-0.2, -0.15) is 0 Å². The van der Waals surface area contributed by atoms with Crippen molar-refractivity contribution < 1.29 is 9.84 Å². The molecule has 0 spiro atoms. The van der Waals surface area contributed by atoms with Crippen molar-refractivity contribution in [1.29, 1.82) is 0 Å². The molecule has 0 aliphatic rings. The van der Waals surface area contributed by atoms with Crippen LogP contribution in [0.25, 0.3) is 0 Å². The number of benzene rings is 2. The largest absolute Gasteiger partial charge is 0.497 e. The molecule has 2 nitrogen and oxygen atoms in total. The summed E-state index contributed by atoms with van der Waals surface area (Å²) in [5.74, 6) is 0.779. The van der Waals surface area contributed by atoms with Gasteiger partial charge in [0.05, 0.1) is 13.2 Å². The van der Waals surface area contributed by atoms with Gasteiger partial charge in [-0.25, -0.2) is 0 Å². The van der Waals surface area contributed by atoms with Gasteiger partial charge in [-0.3, -0.25) is 0 Å². The van der Waals surface area contributed by atoms with Gasteiger partial charge >= 0.3 is 0 Å². The van der Waals surface area contributed by atoms with Gasteiger partial charge in [0.1, 0.15) is 5.75 Å². The Balaban J connectivity index is 2.18. The number of hydrogen-bond acceptors (Lipinski definition) is 2. The predicted molar refractivity (Wildman–Crippen MR) is 80.8 cm³/mol. The van der Waals surface area contributed by atoms with Gasteiger partial charge in [0, 0.05) is 15.9 Å². The quantitative estimate of drug-likeness (QED) is 0.894. The van der Waals surface area contributed by atoms with Crippen LogP contribution in [0.3, 0.4) is 0 Å². The van der Waals surface area contributed by atoms with Crippen molar-refractivity contribution in [1.82, 2.24) is 0 Å². The molecule has 0 radical (unpaired) electrons. The molecule has 0 fully saturated rings. The standard InChI is InChI=1S/C15H14BrClO2/c1-19-13-6-7-14(16)11(8-13)9-15(18)10-2-4-12(17)5-3-10/h2-8,15,18H,9H2,1H3. The monoisotopic (exact) mass is 340 g/mol. The molecule has 4 heteroatoms. The average molecular weight is 342 g/mol. The lowest BCUT2D eigenvalue weighted by atomic mass is 10.0. The normalized spacial score (nSPS) is 12.2. The zero-order chi connectivity index (χ0) is 13.8. The van der Waals surface area contributed by atoms with Crippen molar-refractivity contribution in [2.24, 2.45) is 0 Å². The molecule has 2 aromatic carbocycles. The number of aliphatic hydroxyl groups excluding tert-OH is 1. The van der Waals surface area contributed by atoms with E-state index in [4.69, 9.17) is 16.3 Å². The lowest BCUT2D eigenvalue weighted by Crippen LogP contribution is -2.02. The summed E-state index contributed by atoms with van der Waals surface area (Å²) in [5.41, 5.74) is 1.85. The van der Waals surface area contributed by atoms with E-state index in [1.54, 1.807) is 19.2 Å². The Bertz CT molecular complexity index is 555. The fourth-order valence-corrected chi connectivity index (χ4v) is 2.38. The Hall–Kier alpha value is -1.03. The molecule has 19 heavy (non-hydrogen) atoms. The summed E-state index contributed by atoms with van der Waals surface area (Å²) in [6.45, 7) is 0. The van der Waals surface area contributed by atoms with Gasteiger partial charge in [-0.05, 0) is 41.5 Å². The number of ether oxygens (including phenoxy) is 1. The summed E-state index contributed by atoms with van der Waals surface area (Å²) >= 11 is 9.32. The van der Waals surface area contributed by atoms with Crippen molar-refractivity contribution in [3.8, 4) is 5.75 Å². The van der Waals surface area contributed by atoms with Crippen molar-refractivity contribution in [2.45, 2.75) is 12.5 Å². The minimum Gasteiger partial charge on any atom is -0.497 e. The maximum Gasteiger partial charge on any atom is 0.119 e. The molecular formula is C15H14BrClO2. The number of hydrogen-bond donors (Lipinski definition) is 1. The first kappa shape index (κ1) is 14.4. The Morgan fingerprint density at radius 1 is 1.21 bits per heavy atom. The van der Waals surface area contributed by atoms with E-state index in [1.165, 1.54) is 0 Å². The fraction of sp³-hybridized carbons (Fsp3) is 0.200. The van der Waals surface area contributed by atoms with Gasteiger partial charge in [-0.1, -0.05) is 39.7 Å². The van der Waals surface area contributed by atoms with E-state index in [1.807, 2.05) is 30.3 Å². The summed E-state index contributed by atoms with van der Waals surface area (Å²) in [6.07, 6.45) is -0.0555. The highest BCUT2D eigenvalue weighted by Crippen LogP contribution is 2.27. The van der Waals surface area contributed by atoms with Gasteiger partial charge < -0.3 is 9.84 Å². The van der Waals surface area contributed by atoms with Crippen molar-refractivity contribution in [2.75, 3.05) is 7.11 Å². The Kier molecular flexibility index (Phi) is 4.86. The summed E-state index contributed by atoms with van der Waals surface area (Å²) in [5, 5.41) is 10.9. The molecule has 0 saturated carbocycles. The van der Waals surface area contributed by atoms with Crippen LogP contribution in [0.1, 0.15) is 17.2 Å². The van der Waals surface area contributed by atoms with Crippen LogP contribution in [0, 0.1) is 0 Å². The molecule has 100 valence electrons. The van der Waals surface area contributed by atoms with Crippen LogP contribution in [0.15, 0.2) is 46.9 Å². The topological polar surface area (TPSA) is 29.5 Å². The van der Waals surface area contributed by atoms with E-state index in [2.05, 4.69) is 15.9 Å². The van der Waals surface area contributed by atoms with E-state index < -0.39 is 6.10 Å². The number of halogens is 2. The molecule has 1 N–H and O–H groups in total. The summed E-state index contributed by atoms with van der Waals surface area (Å²) in [4.78, 5) is 0. The van der Waals surface area contributed by atoms with Gasteiger partial charge in [0.15, 0.2) is 0 Å². The Morgan fingerprint density at radius 2 is 1.89 bits per heavy atom. The van der Waals surface area contributed by atoms with Gasteiger partial charge in [-0.15, -0.1) is 0 Å². The lowest BCUT2D eigenvalue weighted by Gasteiger charge is -2.13. The molecule has 1 atom stereocenters. The zero-order valence-electron chi connectivity index (χ0n) is 10.4.